The Hall–Kier alpha value is -1.93. The van der Waals surface area contributed by atoms with E-state index in [-0.39, 0.29) is 5.76 Å². The first-order valence-corrected chi connectivity index (χ1v) is 24.9. The molecule has 50 heavy (non-hydrogen) atoms. The Balaban J connectivity index is 0. The molecule has 0 spiro atoms. The number of nitrogens with one attached hydrogen (secondary N) is 4. The molecule has 283 valence electrons. The van der Waals surface area contributed by atoms with Crippen molar-refractivity contribution in [2.45, 2.75) is 74.6 Å². The van der Waals surface area contributed by atoms with E-state index in [1.54, 1.807) is 12.4 Å². The van der Waals surface area contributed by atoms with E-state index < -0.39 is 104 Å². The summed E-state index contributed by atoms with van der Waals surface area (Å²) in [6.45, 7) is 0.846. The number of aliphatic hydroxyl groups excluding tert-OH is 6. The molecule has 11 N–H and O–H groups in total. The van der Waals surface area contributed by atoms with E-state index in [1.807, 2.05) is 4.93 Å². The molecule has 2 aliphatic heterocycles. The number of esters is 1. The van der Waals surface area contributed by atoms with Crippen LogP contribution in [0.25, 0.3) is 0 Å². The summed E-state index contributed by atoms with van der Waals surface area (Å²) in [7, 11) is 1.75. The van der Waals surface area contributed by atoms with Gasteiger partial charge < -0.3 is 71.2 Å². The second kappa shape index (κ2) is 27.7. The number of nitrogens with zero attached hydrogens (tertiary/aromatic N) is 2. The van der Waals surface area contributed by atoms with Gasteiger partial charge in [-0.25, -0.2) is 9.59 Å². The van der Waals surface area contributed by atoms with Crippen molar-refractivity contribution in [1.29, 1.82) is 10.5 Å². The quantitative estimate of drug-likeness (QED) is 0.0304. The third-order valence-electron chi connectivity index (χ3n) is 6.31. The first-order chi connectivity index (χ1) is 23.6. The fraction of sp³-hybridized carbons (Fsp3) is 0.615. The second-order valence-electron chi connectivity index (χ2n) is 9.58. The molecule has 0 saturated heterocycles. The summed E-state index contributed by atoms with van der Waals surface area (Å²) in [5.41, 5.74) is 0. The van der Waals surface area contributed by atoms with Crippen molar-refractivity contribution in [1.82, 2.24) is 21.3 Å². The van der Waals surface area contributed by atoms with Crippen LogP contribution in [-0.2, 0) is 42.9 Å². The van der Waals surface area contributed by atoms with Gasteiger partial charge in [0.15, 0.2) is 12.4 Å². The summed E-state index contributed by atoms with van der Waals surface area (Å²) >= 11 is 6.89. The monoisotopic (exact) mass is 1090 g/mol. The van der Waals surface area contributed by atoms with Crippen molar-refractivity contribution in [3.8, 4) is 12.4 Å². The number of carboxylic acids is 1. The van der Waals surface area contributed by atoms with E-state index in [0.29, 0.717) is 9.47 Å². The van der Waals surface area contributed by atoms with E-state index in [9.17, 15) is 39.6 Å². The number of aliphatic carboxylic acids is 1. The number of rotatable bonds is 12. The van der Waals surface area contributed by atoms with Gasteiger partial charge in [-0.2, -0.15) is 10.5 Å². The first-order valence-electron chi connectivity index (χ1n) is 13.7. The molecule has 20 nitrogen and oxygen atoms in total. The normalized spacial score (nSPS) is 24.1. The summed E-state index contributed by atoms with van der Waals surface area (Å²) in [6.07, 6.45) is -3.60. The zero-order chi connectivity index (χ0) is 39.1. The summed E-state index contributed by atoms with van der Waals surface area (Å²) in [5.74, 6) is -4.14. The molecular weight excluding hydrogens is 1050 g/mol. The molecule has 0 bridgehead atoms. The number of aliphatic hydroxyl groups is 6. The maximum atomic E-state index is 11.6. The van der Waals surface area contributed by atoms with E-state index in [4.69, 9.17) is 35.3 Å². The number of hydrogen-bond acceptors (Lipinski definition) is 17. The van der Waals surface area contributed by atoms with Gasteiger partial charge in [0.1, 0.15) is 36.6 Å². The fourth-order valence-electron chi connectivity index (χ4n) is 4.24. The van der Waals surface area contributed by atoms with Crippen LogP contribution >= 0.6 is 62.5 Å². The van der Waals surface area contributed by atoms with Crippen LogP contribution in [0.3, 0.4) is 0 Å². The predicted octanol–water partition coefficient (Wildman–Crippen LogP) is -3.07. The molecule has 0 aromatic carbocycles. The molecule has 0 saturated carbocycles. The van der Waals surface area contributed by atoms with Crippen LogP contribution in [0.5, 0.6) is 0 Å². The molecule has 0 unspecified atom stereocenters. The average molecular weight is 1090 g/mol. The predicted molar refractivity (Wildman–Crippen MR) is 192 cm³/mol. The zero-order valence-corrected chi connectivity index (χ0v) is 34.7. The Morgan fingerprint density at radius 1 is 0.840 bits per heavy atom. The van der Waals surface area contributed by atoms with Gasteiger partial charge in [-0.1, -0.05) is 22.6 Å². The standard InChI is InChI=1S/C13H19N3O7.C12H17N3O7.CH3I.2HI.V/c1-6(18)16-10-7(15-5-14)3-9(13(21)22-2)23-12(10)11(20)8(19)4-17;1-5(17)15-9-6(14-4-13)2-8(12(20)21)22-11(9)10(19)7(18)3-16;1-2;;;/h3,7-8,10-12,15,17,19-20H,4H2,1-2H3,(H,16,18);2,6-7,9-11,14,16,18-19H,3H2,1H3,(H,15,17)(H,20,21);1H3;2*1H;/q;;;;;+2/p-2/t7-,8+,10+,11+,12+;6-,7+,9+,10+,11+;;;;/m00..../s1. The molecule has 0 aromatic rings. The third kappa shape index (κ3) is 17.1. The van der Waals surface area contributed by atoms with Crippen molar-refractivity contribution in [3.05, 3.63) is 23.7 Å². The Bertz CT molecular complexity index is 1240. The van der Waals surface area contributed by atoms with E-state index in [2.05, 4.69) is 88.6 Å². The average Bonchev–Trinajstić information content (AvgIpc) is 3.08. The number of nitriles is 2. The number of carboxylic acid groups (broad SMARTS) is 1. The minimum atomic E-state index is -1.69. The number of alkyl halides is 1. The molecular formula is C26H39I3N6O14V. The van der Waals surface area contributed by atoms with Gasteiger partial charge in [0, 0.05) is 13.8 Å². The van der Waals surface area contributed by atoms with Crippen LogP contribution in [0, 0.1) is 22.9 Å². The van der Waals surface area contributed by atoms with Gasteiger partial charge in [0.2, 0.25) is 23.3 Å². The summed E-state index contributed by atoms with van der Waals surface area (Å²) in [4.78, 5) is 47.3. The van der Waals surface area contributed by atoms with E-state index >= 15 is 0 Å². The Morgan fingerprint density at radius 2 is 1.18 bits per heavy atom. The van der Waals surface area contributed by atoms with Crippen LogP contribution in [-0.4, -0.2) is 146 Å². The Kier molecular flexibility index (Phi) is 27.8. The molecule has 24 heteroatoms. The molecule has 2 rings (SSSR count). The van der Waals surface area contributed by atoms with E-state index in [0.717, 1.165) is 13.2 Å². The topological polar surface area (TPSA) is 333 Å². The molecule has 2 heterocycles. The molecule has 2 aliphatic rings. The number of ether oxygens (including phenoxy) is 3. The third-order valence-corrected chi connectivity index (χ3v) is 6.31. The molecule has 2 amide bonds. The zero-order valence-electron chi connectivity index (χ0n) is 26.8. The molecule has 10 atom stereocenters. The minimum absolute atomic E-state index is 0.295. The van der Waals surface area contributed by atoms with Crippen LogP contribution in [0.15, 0.2) is 23.7 Å². The van der Waals surface area contributed by atoms with Gasteiger partial charge in [-0.05, 0) is 17.1 Å². The van der Waals surface area contributed by atoms with Crippen LogP contribution in [0.4, 0.5) is 0 Å². The molecule has 0 fully saturated rings. The molecule has 0 aromatic heterocycles. The van der Waals surface area contributed by atoms with Crippen molar-refractivity contribution < 1.29 is 78.6 Å². The summed E-state index contributed by atoms with van der Waals surface area (Å²) < 4.78 is 14.9. The first kappa shape index (κ1) is 50.2. The van der Waals surface area contributed by atoms with E-state index in [1.165, 1.54) is 19.9 Å². The Morgan fingerprint density at radius 3 is 1.46 bits per heavy atom. The number of carbonyl (C=O) groups is 4. The fourth-order valence-corrected chi connectivity index (χ4v) is 4.24. The van der Waals surface area contributed by atoms with Crippen molar-refractivity contribution in [3.63, 3.8) is 0 Å². The van der Waals surface area contributed by atoms with Crippen LogP contribution < -0.4 is 21.3 Å². The van der Waals surface area contributed by atoms with Crippen molar-refractivity contribution in [2.24, 2.45) is 0 Å². The molecule has 0 radical (unpaired) electrons. The number of carbonyl (C=O) groups excluding carboxylic acids is 3. The second-order valence-corrected chi connectivity index (χ2v) is 21.4. The number of methoxy groups -OCH3 is 1. The van der Waals surface area contributed by atoms with Gasteiger partial charge in [-0.15, -0.1) is 0 Å². The number of hydrogen-bond donors (Lipinski definition) is 11. The van der Waals surface area contributed by atoms with Crippen LogP contribution in [0.2, 0.25) is 0 Å². The van der Waals surface area contributed by atoms with Crippen molar-refractivity contribution in [2.75, 3.05) is 25.3 Å². The molecule has 0 aliphatic carbocycles. The summed E-state index contributed by atoms with van der Waals surface area (Å²) in [5, 5.41) is 93.2. The summed E-state index contributed by atoms with van der Waals surface area (Å²) in [6, 6.07) is -3.87. The van der Waals surface area contributed by atoms with Crippen molar-refractivity contribution >= 4 is 86.3 Å². The van der Waals surface area contributed by atoms with Crippen LogP contribution in [0.1, 0.15) is 13.8 Å². The number of amides is 2. The maximum absolute atomic E-state index is 11.6. The van der Waals surface area contributed by atoms with Gasteiger partial charge in [0.25, 0.3) is 0 Å². The van der Waals surface area contributed by atoms with Gasteiger partial charge >= 0.3 is 61.4 Å². The number of halogens is 3. The van der Waals surface area contributed by atoms with Gasteiger partial charge in [0.05, 0.1) is 44.5 Å². The van der Waals surface area contributed by atoms with Gasteiger partial charge in [-0.3, -0.25) is 9.59 Å². The SMILES string of the molecule is CC(=O)N[C@H]1[C@H]([C@H](O)[C@H](O)CO)OC(C(=O)O)=C[C@@H]1NC#N.CI.COC(=O)C1=C[C@H](NC#N)[C@@H](NC(C)=O)[C@H]([C@H](O)[C@H](O)CO)O1.[I][V][I]. The Labute approximate surface area is 329 Å².